The number of benzene rings is 2. The standard InChI is InChI=1S/C16H10BrIO2/c17-13-8-4-3-7-12(13)16(9-18)14(19)10-5-1-2-6-11(10)15(16)20/h1-8H,9H2. The lowest BCUT2D eigenvalue weighted by atomic mass is 9.78. The quantitative estimate of drug-likeness (QED) is 0.398. The molecule has 0 fully saturated rings. The lowest BCUT2D eigenvalue weighted by Gasteiger charge is -2.25. The summed E-state index contributed by atoms with van der Waals surface area (Å²) in [6.45, 7) is 0. The van der Waals surface area contributed by atoms with Crippen LogP contribution >= 0.6 is 38.5 Å². The normalized spacial score (nSPS) is 16.3. The molecule has 20 heavy (non-hydrogen) atoms. The molecule has 2 aromatic rings. The minimum absolute atomic E-state index is 0.0978. The van der Waals surface area contributed by atoms with Gasteiger partial charge in [-0.25, -0.2) is 0 Å². The van der Waals surface area contributed by atoms with E-state index in [-0.39, 0.29) is 11.6 Å². The van der Waals surface area contributed by atoms with Crippen LogP contribution < -0.4 is 0 Å². The molecule has 2 nitrogen and oxygen atoms in total. The summed E-state index contributed by atoms with van der Waals surface area (Å²) < 4.78 is 1.23. The van der Waals surface area contributed by atoms with E-state index in [0.717, 1.165) is 10.0 Å². The maximum atomic E-state index is 12.9. The number of rotatable bonds is 2. The Bertz CT molecular complexity index is 689. The number of alkyl halides is 1. The van der Waals surface area contributed by atoms with E-state index in [2.05, 4.69) is 38.5 Å². The summed E-state index contributed by atoms with van der Waals surface area (Å²) in [7, 11) is 0. The monoisotopic (exact) mass is 440 g/mol. The fourth-order valence-electron chi connectivity index (χ4n) is 2.69. The molecule has 0 heterocycles. The Labute approximate surface area is 138 Å². The first-order valence-corrected chi connectivity index (χ1v) is 8.44. The topological polar surface area (TPSA) is 34.1 Å². The van der Waals surface area contributed by atoms with Crippen molar-refractivity contribution in [1.82, 2.24) is 0 Å². The molecule has 0 N–H and O–H groups in total. The Morgan fingerprint density at radius 3 is 1.90 bits per heavy atom. The van der Waals surface area contributed by atoms with Crippen LogP contribution in [0.4, 0.5) is 0 Å². The van der Waals surface area contributed by atoms with Crippen molar-refractivity contribution in [1.29, 1.82) is 0 Å². The van der Waals surface area contributed by atoms with E-state index in [1.807, 2.05) is 24.3 Å². The van der Waals surface area contributed by atoms with Crippen molar-refractivity contribution in [3.63, 3.8) is 0 Å². The van der Waals surface area contributed by atoms with Crippen LogP contribution in [0.3, 0.4) is 0 Å². The molecule has 0 aliphatic heterocycles. The Morgan fingerprint density at radius 1 is 0.900 bits per heavy atom. The van der Waals surface area contributed by atoms with Gasteiger partial charge in [-0.3, -0.25) is 9.59 Å². The molecule has 0 unspecified atom stereocenters. The molecule has 100 valence electrons. The van der Waals surface area contributed by atoms with Crippen molar-refractivity contribution in [2.75, 3.05) is 4.43 Å². The van der Waals surface area contributed by atoms with Crippen LogP contribution in [0.5, 0.6) is 0 Å². The number of hydrogen-bond acceptors (Lipinski definition) is 2. The number of carbonyl (C=O) groups is 2. The Morgan fingerprint density at radius 2 is 1.40 bits per heavy atom. The van der Waals surface area contributed by atoms with Gasteiger partial charge in [0.25, 0.3) is 0 Å². The van der Waals surface area contributed by atoms with E-state index >= 15 is 0 Å². The summed E-state index contributed by atoms with van der Waals surface area (Å²) in [5, 5.41) is 0. The van der Waals surface area contributed by atoms with Crippen LogP contribution in [0.15, 0.2) is 53.0 Å². The fraction of sp³-hybridized carbons (Fsp3) is 0.125. The predicted molar refractivity (Wildman–Crippen MR) is 89.8 cm³/mol. The summed E-state index contributed by atoms with van der Waals surface area (Å²) in [6.07, 6.45) is 0. The smallest absolute Gasteiger partial charge is 0.182 e. The molecule has 3 rings (SSSR count). The SMILES string of the molecule is O=C1c2ccccc2C(=O)C1(CI)c1ccccc1Br. The van der Waals surface area contributed by atoms with Gasteiger partial charge in [-0.15, -0.1) is 0 Å². The number of hydrogen-bond donors (Lipinski definition) is 0. The number of halogens is 2. The molecular formula is C16H10BrIO2. The first-order chi connectivity index (χ1) is 9.63. The van der Waals surface area contributed by atoms with Gasteiger partial charge in [-0.05, 0) is 11.6 Å². The van der Waals surface area contributed by atoms with Crippen molar-refractivity contribution in [2.24, 2.45) is 0 Å². The molecular weight excluding hydrogens is 431 g/mol. The Kier molecular flexibility index (Phi) is 3.54. The van der Waals surface area contributed by atoms with Gasteiger partial charge in [0, 0.05) is 20.0 Å². The van der Waals surface area contributed by atoms with Crippen molar-refractivity contribution >= 4 is 50.1 Å². The number of ketones is 2. The zero-order valence-corrected chi connectivity index (χ0v) is 14.1. The molecule has 1 aliphatic carbocycles. The molecule has 0 radical (unpaired) electrons. The summed E-state index contributed by atoms with van der Waals surface area (Å²) >= 11 is 5.60. The van der Waals surface area contributed by atoms with Crippen LogP contribution in [0.25, 0.3) is 0 Å². The summed E-state index contributed by atoms with van der Waals surface area (Å²) in [5.74, 6) is -0.196. The van der Waals surface area contributed by atoms with Crippen LogP contribution in [0, 0.1) is 0 Å². The highest BCUT2D eigenvalue weighted by atomic mass is 127. The minimum Gasteiger partial charge on any atom is -0.293 e. The second-order valence-electron chi connectivity index (χ2n) is 4.72. The van der Waals surface area contributed by atoms with E-state index < -0.39 is 5.41 Å². The van der Waals surface area contributed by atoms with E-state index in [4.69, 9.17) is 0 Å². The van der Waals surface area contributed by atoms with Gasteiger partial charge in [0.05, 0.1) is 0 Å². The fourth-order valence-corrected chi connectivity index (χ4v) is 4.41. The number of carbonyl (C=O) groups excluding carboxylic acids is 2. The van der Waals surface area contributed by atoms with Crippen molar-refractivity contribution in [3.05, 3.63) is 69.7 Å². The molecule has 0 spiro atoms. The molecule has 0 bridgehead atoms. The predicted octanol–water partition coefficient (Wildman–Crippen LogP) is 4.20. The lowest BCUT2D eigenvalue weighted by Crippen LogP contribution is -2.40. The zero-order chi connectivity index (χ0) is 14.3. The molecule has 1 aliphatic rings. The van der Waals surface area contributed by atoms with Gasteiger partial charge in [0.15, 0.2) is 11.6 Å². The first kappa shape index (κ1) is 13.9. The van der Waals surface area contributed by atoms with Crippen LogP contribution in [-0.4, -0.2) is 16.0 Å². The molecule has 0 atom stereocenters. The molecule has 4 heteroatoms. The molecule has 0 amide bonds. The van der Waals surface area contributed by atoms with Crippen molar-refractivity contribution in [2.45, 2.75) is 5.41 Å². The summed E-state index contributed by atoms with van der Waals surface area (Å²) in [4.78, 5) is 25.7. The molecule has 2 aromatic carbocycles. The average molecular weight is 441 g/mol. The van der Waals surface area contributed by atoms with Crippen LogP contribution in [-0.2, 0) is 5.41 Å². The van der Waals surface area contributed by atoms with Crippen molar-refractivity contribution in [3.8, 4) is 0 Å². The van der Waals surface area contributed by atoms with Gasteiger partial charge < -0.3 is 0 Å². The van der Waals surface area contributed by atoms with E-state index in [0.29, 0.717) is 15.6 Å². The first-order valence-electron chi connectivity index (χ1n) is 6.12. The lowest BCUT2D eigenvalue weighted by molar-refractivity contribution is 0.0817. The molecule has 0 saturated carbocycles. The number of fused-ring (bicyclic) bond motifs is 1. The summed E-state index contributed by atoms with van der Waals surface area (Å²) in [5.41, 5.74) is 0.722. The third kappa shape index (κ3) is 1.74. The number of Topliss-reactive ketones (excluding diaryl/α,β-unsaturated/α-hetero) is 2. The van der Waals surface area contributed by atoms with Gasteiger partial charge in [0.2, 0.25) is 0 Å². The Balaban J connectivity index is 2.30. The second kappa shape index (κ2) is 5.07. The maximum Gasteiger partial charge on any atom is 0.182 e. The van der Waals surface area contributed by atoms with Gasteiger partial charge in [-0.1, -0.05) is 81.0 Å². The highest BCUT2D eigenvalue weighted by Gasteiger charge is 2.53. The van der Waals surface area contributed by atoms with Crippen LogP contribution in [0.1, 0.15) is 26.3 Å². The van der Waals surface area contributed by atoms with Gasteiger partial charge in [-0.2, -0.15) is 0 Å². The zero-order valence-electron chi connectivity index (χ0n) is 10.4. The minimum atomic E-state index is -1.09. The maximum absolute atomic E-state index is 12.9. The molecule has 0 aromatic heterocycles. The van der Waals surface area contributed by atoms with Gasteiger partial charge in [0.1, 0.15) is 5.41 Å². The van der Waals surface area contributed by atoms with Crippen LogP contribution in [0.2, 0.25) is 0 Å². The average Bonchev–Trinajstić information content (AvgIpc) is 2.70. The van der Waals surface area contributed by atoms with Gasteiger partial charge >= 0.3 is 0 Å². The highest BCUT2D eigenvalue weighted by Crippen LogP contribution is 2.43. The Hall–Kier alpha value is -1.01. The summed E-state index contributed by atoms with van der Waals surface area (Å²) in [6, 6.07) is 14.5. The largest absolute Gasteiger partial charge is 0.293 e. The van der Waals surface area contributed by atoms with E-state index in [9.17, 15) is 9.59 Å². The molecule has 0 saturated heterocycles. The van der Waals surface area contributed by atoms with Crippen molar-refractivity contribution < 1.29 is 9.59 Å². The van der Waals surface area contributed by atoms with E-state index in [1.54, 1.807) is 24.3 Å². The third-order valence-electron chi connectivity index (χ3n) is 3.73. The van der Waals surface area contributed by atoms with E-state index in [1.165, 1.54) is 0 Å². The second-order valence-corrected chi connectivity index (χ2v) is 6.34. The highest BCUT2D eigenvalue weighted by molar-refractivity contribution is 14.1. The third-order valence-corrected chi connectivity index (χ3v) is 5.56.